The van der Waals surface area contributed by atoms with Crippen molar-refractivity contribution in [1.82, 2.24) is 4.90 Å². The van der Waals surface area contributed by atoms with Crippen LogP contribution in [-0.4, -0.2) is 56.0 Å². The summed E-state index contributed by atoms with van der Waals surface area (Å²) >= 11 is 0. The van der Waals surface area contributed by atoms with E-state index in [0.29, 0.717) is 19.1 Å². The van der Waals surface area contributed by atoms with Gasteiger partial charge in [-0.3, -0.25) is 0 Å². The molecule has 2 fully saturated rings. The summed E-state index contributed by atoms with van der Waals surface area (Å²) in [5.41, 5.74) is 6.07. The molecule has 0 amide bonds. The smallest absolute Gasteiger partial charge is 0.0547 e. The third kappa shape index (κ3) is 2.74. The lowest BCUT2D eigenvalue weighted by molar-refractivity contribution is 0.0704. The molecule has 3 N–H and O–H groups in total. The Morgan fingerprint density at radius 2 is 2.38 bits per heavy atom. The summed E-state index contributed by atoms with van der Waals surface area (Å²) in [4.78, 5) is 2.46. The van der Waals surface area contributed by atoms with E-state index in [4.69, 9.17) is 10.5 Å². The summed E-state index contributed by atoms with van der Waals surface area (Å²) in [6.45, 7) is 5.92. The van der Waals surface area contributed by atoms with Gasteiger partial charge in [-0.2, -0.15) is 0 Å². The molecule has 2 rings (SSSR count). The Bertz CT molecular complexity index is 217. The van der Waals surface area contributed by atoms with Gasteiger partial charge in [0, 0.05) is 38.3 Å². The first-order valence-electron chi connectivity index (χ1n) is 6.39. The average molecular weight is 228 g/mol. The number of nitrogens with zero attached hydrogens (tertiary/aromatic N) is 1. The average Bonchev–Trinajstić information content (AvgIpc) is 2.78. The summed E-state index contributed by atoms with van der Waals surface area (Å²) in [6, 6.07) is 0. The zero-order valence-corrected chi connectivity index (χ0v) is 10.0. The minimum Gasteiger partial charge on any atom is -0.396 e. The van der Waals surface area contributed by atoms with Crippen molar-refractivity contribution in [3.63, 3.8) is 0 Å². The Labute approximate surface area is 97.7 Å². The van der Waals surface area contributed by atoms with Gasteiger partial charge in [-0.25, -0.2) is 0 Å². The van der Waals surface area contributed by atoms with E-state index in [1.165, 1.54) is 12.8 Å². The predicted molar refractivity (Wildman–Crippen MR) is 63.2 cm³/mol. The fraction of sp³-hybridized carbons (Fsp3) is 1.00. The lowest BCUT2D eigenvalue weighted by Gasteiger charge is -2.38. The molecule has 94 valence electrons. The van der Waals surface area contributed by atoms with Crippen molar-refractivity contribution in [2.45, 2.75) is 19.3 Å². The van der Waals surface area contributed by atoms with Crippen LogP contribution in [0.15, 0.2) is 0 Å². The molecule has 0 aromatic heterocycles. The molecule has 0 spiro atoms. The lowest BCUT2D eigenvalue weighted by Crippen LogP contribution is -2.47. The summed E-state index contributed by atoms with van der Waals surface area (Å²) < 4.78 is 5.49. The van der Waals surface area contributed by atoms with Crippen LogP contribution in [0.1, 0.15) is 19.3 Å². The van der Waals surface area contributed by atoms with E-state index < -0.39 is 0 Å². The molecule has 2 saturated heterocycles. The van der Waals surface area contributed by atoms with E-state index in [1.807, 2.05) is 0 Å². The van der Waals surface area contributed by atoms with Crippen LogP contribution in [0.4, 0.5) is 0 Å². The molecule has 0 aliphatic carbocycles. The van der Waals surface area contributed by atoms with Gasteiger partial charge < -0.3 is 20.5 Å². The Morgan fingerprint density at radius 3 is 3.00 bits per heavy atom. The number of likely N-dealkylation sites (tertiary alicyclic amines) is 1. The first-order chi connectivity index (χ1) is 7.78. The van der Waals surface area contributed by atoms with Gasteiger partial charge in [0.15, 0.2) is 0 Å². The number of hydrogen-bond donors (Lipinski definition) is 2. The van der Waals surface area contributed by atoms with Crippen LogP contribution in [0.2, 0.25) is 0 Å². The van der Waals surface area contributed by atoms with Crippen LogP contribution < -0.4 is 5.73 Å². The van der Waals surface area contributed by atoms with E-state index >= 15 is 0 Å². The van der Waals surface area contributed by atoms with E-state index in [1.54, 1.807) is 0 Å². The highest BCUT2D eigenvalue weighted by atomic mass is 16.5. The number of hydrogen-bond acceptors (Lipinski definition) is 4. The number of rotatable bonds is 4. The molecule has 0 bridgehead atoms. The number of nitrogens with two attached hydrogens (primary N) is 1. The molecule has 0 aromatic rings. The minimum atomic E-state index is 0.178. The van der Waals surface area contributed by atoms with Crippen molar-refractivity contribution in [2.75, 3.05) is 46.0 Å². The molecule has 4 heteroatoms. The quantitative estimate of drug-likeness (QED) is 0.714. The summed E-state index contributed by atoms with van der Waals surface area (Å²) in [5.74, 6) is 0.464. The zero-order chi connectivity index (χ0) is 11.4. The van der Waals surface area contributed by atoms with Crippen LogP contribution in [0.3, 0.4) is 0 Å². The highest BCUT2D eigenvalue weighted by Gasteiger charge is 2.36. The Kier molecular flexibility index (Phi) is 4.19. The molecule has 2 unspecified atom stereocenters. The van der Waals surface area contributed by atoms with Gasteiger partial charge in [0.2, 0.25) is 0 Å². The second kappa shape index (κ2) is 5.45. The first-order valence-corrected chi connectivity index (χ1v) is 6.39. The van der Waals surface area contributed by atoms with Crippen molar-refractivity contribution < 1.29 is 9.84 Å². The second-order valence-electron chi connectivity index (χ2n) is 5.43. The second-order valence-corrected chi connectivity index (χ2v) is 5.43. The fourth-order valence-electron chi connectivity index (χ4n) is 2.92. The normalized spacial score (nSPS) is 36.8. The Balaban J connectivity index is 1.87. The van der Waals surface area contributed by atoms with Crippen LogP contribution >= 0.6 is 0 Å². The molecule has 2 heterocycles. The van der Waals surface area contributed by atoms with Crippen molar-refractivity contribution in [2.24, 2.45) is 17.1 Å². The van der Waals surface area contributed by atoms with Crippen molar-refractivity contribution >= 4 is 0 Å². The van der Waals surface area contributed by atoms with Crippen LogP contribution in [0.25, 0.3) is 0 Å². The van der Waals surface area contributed by atoms with Gasteiger partial charge in [-0.1, -0.05) is 0 Å². The van der Waals surface area contributed by atoms with Crippen LogP contribution in [-0.2, 0) is 4.74 Å². The Hall–Kier alpha value is -0.160. The van der Waals surface area contributed by atoms with E-state index in [2.05, 4.69) is 4.90 Å². The van der Waals surface area contributed by atoms with E-state index in [0.717, 1.165) is 39.3 Å². The highest BCUT2D eigenvalue weighted by molar-refractivity contribution is 4.88. The maximum atomic E-state index is 9.22. The molecular weight excluding hydrogens is 204 g/mol. The minimum absolute atomic E-state index is 0.178. The summed E-state index contributed by atoms with van der Waals surface area (Å²) in [6.07, 6.45) is 3.45. The van der Waals surface area contributed by atoms with Crippen molar-refractivity contribution in [1.29, 1.82) is 0 Å². The maximum Gasteiger partial charge on any atom is 0.0547 e. The molecule has 0 aromatic carbocycles. The molecule has 0 saturated carbocycles. The number of aliphatic hydroxyl groups excluding tert-OH is 1. The van der Waals surface area contributed by atoms with Crippen LogP contribution in [0, 0.1) is 11.3 Å². The molecule has 2 aliphatic heterocycles. The number of piperidine rings is 1. The summed E-state index contributed by atoms with van der Waals surface area (Å²) in [5, 5.41) is 9.22. The predicted octanol–water partition coefficient (Wildman–Crippen LogP) is 0.0561. The molecular formula is C12H24N2O2. The van der Waals surface area contributed by atoms with Gasteiger partial charge >= 0.3 is 0 Å². The zero-order valence-electron chi connectivity index (χ0n) is 10.0. The number of ether oxygens (including phenoxy) is 1. The largest absolute Gasteiger partial charge is 0.396 e. The SMILES string of the molecule is NCC1(CN2CCCC(CO)C2)CCOC1. The van der Waals surface area contributed by atoms with E-state index in [-0.39, 0.29) is 5.41 Å². The van der Waals surface area contributed by atoms with Crippen LogP contribution in [0.5, 0.6) is 0 Å². The molecule has 4 nitrogen and oxygen atoms in total. The molecule has 2 atom stereocenters. The standard InChI is InChI=1S/C12H24N2O2/c13-8-12(3-5-16-10-12)9-14-4-1-2-11(6-14)7-15/h11,15H,1-10,13H2. The molecule has 16 heavy (non-hydrogen) atoms. The maximum absolute atomic E-state index is 9.22. The fourth-order valence-corrected chi connectivity index (χ4v) is 2.92. The first kappa shape index (κ1) is 12.3. The number of aliphatic hydroxyl groups is 1. The lowest BCUT2D eigenvalue weighted by atomic mass is 9.85. The van der Waals surface area contributed by atoms with Crippen molar-refractivity contribution in [3.05, 3.63) is 0 Å². The highest BCUT2D eigenvalue weighted by Crippen LogP contribution is 2.30. The third-order valence-electron chi connectivity index (χ3n) is 4.04. The van der Waals surface area contributed by atoms with Gasteiger partial charge in [-0.15, -0.1) is 0 Å². The van der Waals surface area contributed by atoms with Gasteiger partial charge in [0.05, 0.1) is 6.61 Å². The monoisotopic (exact) mass is 228 g/mol. The van der Waals surface area contributed by atoms with Gasteiger partial charge in [0.25, 0.3) is 0 Å². The van der Waals surface area contributed by atoms with Crippen molar-refractivity contribution in [3.8, 4) is 0 Å². The molecule has 2 aliphatic rings. The molecule has 0 radical (unpaired) electrons. The van der Waals surface area contributed by atoms with E-state index in [9.17, 15) is 5.11 Å². The Morgan fingerprint density at radius 1 is 1.50 bits per heavy atom. The topological polar surface area (TPSA) is 58.7 Å². The summed E-state index contributed by atoms with van der Waals surface area (Å²) in [7, 11) is 0. The van der Waals surface area contributed by atoms with Gasteiger partial charge in [0.1, 0.15) is 0 Å². The third-order valence-corrected chi connectivity index (χ3v) is 4.04. The van der Waals surface area contributed by atoms with Gasteiger partial charge in [-0.05, 0) is 31.7 Å².